The molecule has 2 atom stereocenters. The Morgan fingerprint density at radius 2 is 1.43 bits per heavy atom. The molecule has 5 nitrogen and oxygen atoms in total. The highest BCUT2D eigenvalue weighted by Crippen LogP contribution is 2.39. The van der Waals surface area contributed by atoms with Crippen molar-refractivity contribution in [3.8, 4) is 0 Å². The van der Waals surface area contributed by atoms with E-state index in [4.69, 9.17) is 11.6 Å². The van der Waals surface area contributed by atoms with E-state index in [1.165, 1.54) is 36.2 Å². The van der Waals surface area contributed by atoms with Gasteiger partial charge in [0.2, 0.25) is 0 Å². The molecule has 2 aromatic rings. The van der Waals surface area contributed by atoms with Gasteiger partial charge in [-0.15, -0.1) is 0 Å². The zero-order valence-electron chi connectivity index (χ0n) is 18.3. The van der Waals surface area contributed by atoms with Gasteiger partial charge < -0.3 is 9.80 Å². The van der Waals surface area contributed by atoms with Crippen LogP contribution in [0.15, 0.2) is 42.5 Å². The average Bonchev–Trinajstić information content (AvgIpc) is 3.22. The van der Waals surface area contributed by atoms with Gasteiger partial charge in [0, 0.05) is 38.8 Å². The molecule has 0 spiro atoms. The number of alkyl halides is 6. The summed E-state index contributed by atoms with van der Waals surface area (Å²) in [5.41, 5.74) is -3.18. The lowest BCUT2D eigenvalue weighted by Crippen LogP contribution is -2.47. The van der Waals surface area contributed by atoms with Crippen LogP contribution < -0.4 is 4.90 Å². The molecule has 0 radical (unpaired) electrons. The molecule has 0 aliphatic carbocycles. The van der Waals surface area contributed by atoms with Gasteiger partial charge in [0.15, 0.2) is 0 Å². The minimum absolute atomic E-state index is 0.0307. The van der Waals surface area contributed by atoms with Gasteiger partial charge in [0.05, 0.1) is 17.2 Å². The SMILES string of the molecule is CN(C(=O)N(C)[C@@H]1CN(C(=O)Cl)C[C@H]1c1ccc(F)cc1)c1cc(C(F)(F)F)cc(C(F)(F)F)c1. The molecule has 190 valence electrons. The highest BCUT2D eigenvalue weighted by atomic mass is 35.5. The largest absolute Gasteiger partial charge is 0.416 e. The zero-order chi connectivity index (χ0) is 26.3. The van der Waals surface area contributed by atoms with E-state index in [2.05, 4.69) is 0 Å². The minimum atomic E-state index is -5.08. The van der Waals surface area contributed by atoms with E-state index in [0.29, 0.717) is 22.6 Å². The molecular formula is C22H19ClF7N3O2. The van der Waals surface area contributed by atoms with E-state index in [0.717, 1.165) is 11.9 Å². The molecule has 0 aromatic heterocycles. The van der Waals surface area contributed by atoms with Gasteiger partial charge in [0.1, 0.15) is 5.82 Å². The number of amides is 3. The number of likely N-dealkylation sites (tertiary alicyclic amines) is 1. The Bertz CT molecular complexity index is 1070. The number of halogens is 8. The Labute approximate surface area is 200 Å². The second-order valence-electron chi connectivity index (χ2n) is 8.10. The third-order valence-corrected chi connectivity index (χ3v) is 6.12. The van der Waals surface area contributed by atoms with Crippen LogP contribution in [-0.2, 0) is 12.4 Å². The quantitative estimate of drug-likeness (QED) is 0.273. The minimum Gasteiger partial charge on any atom is -0.326 e. The van der Waals surface area contributed by atoms with Crippen molar-refractivity contribution in [3.63, 3.8) is 0 Å². The van der Waals surface area contributed by atoms with Gasteiger partial charge >= 0.3 is 23.8 Å². The molecule has 0 bridgehead atoms. The maximum absolute atomic E-state index is 13.4. The highest BCUT2D eigenvalue weighted by Gasteiger charge is 2.41. The number of likely N-dealkylation sites (N-methyl/N-ethyl adjacent to an activating group) is 1. The van der Waals surface area contributed by atoms with Crippen LogP contribution in [0.25, 0.3) is 0 Å². The van der Waals surface area contributed by atoms with Gasteiger partial charge in [-0.25, -0.2) is 9.18 Å². The summed E-state index contributed by atoms with van der Waals surface area (Å²) in [7, 11) is 2.35. The van der Waals surface area contributed by atoms with Crippen LogP contribution in [0.3, 0.4) is 0 Å². The van der Waals surface area contributed by atoms with Crippen LogP contribution in [0.4, 0.5) is 46.0 Å². The number of carbonyl (C=O) groups is 2. The molecular weight excluding hydrogens is 507 g/mol. The van der Waals surface area contributed by atoms with Gasteiger partial charge in [-0.2, -0.15) is 26.3 Å². The van der Waals surface area contributed by atoms with Crippen LogP contribution in [0, 0.1) is 5.82 Å². The number of urea groups is 1. The van der Waals surface area contributed by atoms with Crippen LogP contribution in [0.2, 0.25) is 0 Å². The zero-order valence-corrected chi connectivity index (χ0v) is 19.0. The van der Waals surface area contributed by atoms with Crippen molar-refractivity contribution in [1.29, 1.82) is 0 Å². The third-order valence-electron chi connectivity index (χ3n) is 5.88. The first-order valence-corrected chi connectivity index (χ1v) is 10.5. The lowest BCUT2D eigenvalue weighted by Gasteiger charge is -2.33. The van der Waals surface area contributed by atoms with E-state index >= 15 is 0 Å². The van der Waals surface area contributed by atoms with Crippen LogP contribution >= 0.6 is 11.6 Å². The Balaban J connectivity index is 1.95. The molecule has 3 rings (SSSR count). The Morgan fingerprint density at radius 1 is 0.914 bits per heavy atom. The van der Waals surface area contributed by atoms with E-state index < -0.39 is 58.3 Å². The highest BCUT2D eigenvalue weighted by molar-refractivity contribution is 6.62. The lowest BCUT2D eigenvalue weighted by atomic mass is 9.93. The number of rotatable bonds is 3. The van der Waals surface area contributed by atoms with Crippen LogP contribution in [0.1, 0.15) is 22.6 Å². The summed E-state index contributed by atoms with van der Waals surface area (Å²) in [6, 6.07) is 4.49. The first-order chi connectivity index (χ1) is 16.1. The molecule has 1 saturated heterocycles. The molecule has 35 heavy (non-hydrogen) atoms. The molecule has 0 N–H and O–H groups in total. The first-order valence-electron chi connectivity index (χ1n) is 10.1. The fraction of sp³-hybridized carbons (Fsp3) is 0.364. The van der Waals surface area contributed by atoms with Gasteiger partial charge in [-0.05, 0) is 47.5 Å². The predicted octanol–water partition coefficient (Wildman–Crippen LogP) is 6.18. The summed E-state index contributed by atoms with van der Waals surface area (Å²) < 4.78 is 92.8. The summed E-state index contributed by atoms with van der Waals surface area (Å²) in [4.78, 5) is 27.9. The molecule has 13 heteroatoms. The van der Waals surface area contributed by atoms with Crippen LogP contribution in [0.5, 0.6) is 0 Å². The number of nitrogens with zero attached hydrogens (tertiary/aromatic N) is 3. The van der Waals surface area contributed by atoms with E-state index in [1.807, 2.05) is 0 Å². The van der Waals surface area contributed by atoms with E-state index in [9.17, 15) is 40.3 Å². The third kappa shape index (κ3) is 5.80. The van der Waals surface area contributed by atoms with Crippen molar-refractivity contribution in [2.75, 3.05) is 32.1 Å². The van der Waals surface area contributed by atoms with Crippen molar-refractivity contribution >= 4 is 28.7 Å². The summed E-state index contributed by atoms with van der Waals surface area (Å²) in [5, 5.41) is -0.804. The maximum Gasteiger partial charge on any atom is 0.416 e. The van der Waals surface area contributed by atoms with Crippen LogP contribution in [-0.4, -0.2) is 54.4 Å². The number of anilines is 1. The summed E-state index contributed by atoms with van der Waals surface area (Å²) >= 11 is 5.59. The summed E-state index contributed by atoms with van der Waals surface area (Å²) in [6.07, 6.45) is -10.2. The molecule has 1 heterocycles. The molecule has 0 unspecified atom stereocenters. The molecule has 2 aromatic carbocycles. The van der Waals surface area contributed by atoms with Crippen molar-refractivity contribution < 1.29 is 40.3 Å². The number of benzene rings is 2. The summed E-state index contributed by atoms with van der Waals surface area (Å²) in [5.74, 6) is -1.05. The fourth-order valence-corrected chi connectivity index (χ4v) is 4.12. The van der Waals surface area contributed by atoms with E-state index in [1.54, 1.807) is 0 Å². The number of hydrogen-bond donors (Lipinski definition) is 0. The fourth-order valence-electron chi connectivity index (χ4n) is 3.98. The van der Waals surface area contributed by atoms with Gasteiger partial charge in [0.25, 0.3) is 0 Å². The molecule has 3 amide bonds. The average molecular weight is 526 g/mol. The van der Waals surface area contributed by atoms with Gasteiger partial charge in [-0.1, -0.05) is 12.1 Å². The Kier molecular flexibility index (Phi) is 7.26. The second-order valence-corrected chi connectivity index (χ2v) is 8.42. The van der Waals surface area contributed by atoms with Crippen molar-refractivity contribution in [1.82, 2.24) is 9.80 Å². The predicted molar refractivity (Wildman–Crippen MR) is 114 cm³/mol. The topological polar surface area (TPSA) is 43.9 Å². The lowest BCUT2D eigenvalue weighted by molar-refractivity contribution is -0.143. The molecule has 0 saturated carbocycles. The normalized spacial score (nSPS) is 18.5. The first kappa shape index (κ1) is 26.6. The maximum atomic E-state index is 13.4. The Hall–Kier alpha value is -3.02. The van der Waals surface area contributed by atoms with Crippen molar-refractivity contribution in [2.24, 2.45) is 0 Å². The Morgan fingerprint density at radius 3 is 1.89 bits per heavy atom. The monoisotopic (exact) mass is 525 g/mol. The molecule has 1 aliphatic rings. The van der Waals surface area contributed by atoms with Crippen molar-refractivity contribution in [2.45, 2.75) is 24.3 Å². The standard InChI is InChI=1S/C22H19ClF7N3O2/c1-31(16-8-13(21(25,26)27)7-14(9-16)22(28,29)30)20(35)32(2)18-11-33(19(23)34)10-17(18)12-3-5-15(24)6-4-12/h3-9,17-18H,10-11H2,1-2H3/t17-,18+/m0/s1. The smallest absolute Gasteiger partial charge is 0.326 e. The number of hydrogen-bond acceptors (Lipinski definition) is 2. The van der Waals surface area contributed by atoms with E-state index in [-0.39, 0.29) is 19.2 Å². The second kappa shape index (κ2) is 9.56. The molecule has 1 aliphatic heterocycles. The summed E-state index contributed by atoms with van der Waals surface area (Å²) in [6.45, 7) is 0.0264. The molecule has 1 fully saturated rings. The van der Waals surface area contributed by atoms with Gasteiger partial charge in [-0.3, -0.25) is 9.69 Å². The van der Waals surface area contributed by atoms with Crippen molar-refractivity contribution in [3.05, 3.63) is 65.0 Å². The number of carbonyl (C=O) groups excluding carboxylic acids is 2.